The third-order valence-corrected chi connectivity index (χ3v) is 8.05. The Morgan fingerprint density at radius 2 is 1.62 bits per heavy atom. The van der Waals surface area contributed by atoms with Crippen molar-refractivity contribution in [1.29, 1.82) is 0 Å². The van der Waals surface area contributed by atoms with Gasteiger partial charge in [0.05, 0.1) is 36.2 Å². The topological polar surface area (TPSA) is 105 Å². The van der Waals surface area contributed by atoms with Gasteiger partial charge in [0.2, 0.25) is 21.8 Å². The predicted molar refractivity (Wildman–Crippen MR) is 157 cm³/mol. The van der Waals surface area contributed by atoms with Gasteiger partial charge in [-0.05, 0) is 35.4 Å². The van der Waals surface area contributed by atoms with Gasteiger partial charge in [0.1, 0.15) is 24.1 Å². The summed E-state index contributed by atoms with van der Waals surface area (Å²) in [6.07, 6.45) is 1.18. The number of likely N-dealkylation sites (N-methyl/N-ethyl adjacent to an activating group) is 1. The summed E-state index contributed by atoms with van der Waals surface area (Å²) in [6, 6.07) is 17.8. The van der Waals surface area contributed by atoms with Gasteiger partial charge in [-0.15, -0.1) is 0 Å². The number of methoxy groups -OCH3 is 2. The highest BCUT2D eigenvalue weighted by molar-refractivity contribution is 7.92. The fourth-order valence-corrected chi connectivity index (χ4v) is 5.31. The van der Waals surface area contributed by atoms with Gasteiger partial charge >= 0.3 is 0 Å². The molecule has 0 aliphatic heterocycles. The lowest BCUT2D eigenvalue weighted by Gasteiger charge is -2.33. The second-order valence-corrected chi connectivity index (χ2v) is 11.6. The first-order valence-corrected chi connectivity index (χ1v) is 14.8. The van der Waals surface area contributed by atoms with Crippen molar-refractivity contribution in [2.45, 2.75) is 19.0 Å². The van der Waals surface area contributed by atoms with E-state index in [-0.39, 0.29) is 29.4 Å². The second-order valence-electron chi connectivity index (χ2n) is 8.90. The van der Waals surface area contributed by atoms with Crippen LogP contribution in [0.15, 0.2) is 66.7 Å². The average Bonchev–Trinajstić information content (AvgIpc) is 2.94. The molecule has 0 fully saturated rings. The van der Waals surface area contributed by atoms with Crippen LogP contribution in [0.4, 0.5) is 5.69 Å². The summed E-state index contributed by atoms with van der Waals surface area (Å²) >= 11 is 12.3. The third kappa shape index (κ3) is 7.80. The van der Waals surface area contributed by atoms with Crippen LogP contribution in [0.1, 0.15) is 11.1 Å². The molecule has 1 atom stereocenters. The first kappa shape index (κ1) is 31.1. The lowest BCUT2D eigenvalue weighted by atomic mass is 10.0. The van der Waals surface area contributed by atoms with Crippen molar-refractivity contribution in [2.24, 2.45) is 0 Å². The number of nitrogens with zero attached hydrogens (tertiary/aromatic N) is 2. The van der Waals surface area contributed by atoms with Crippen LogP contribution in [0.25, 0.3) is 0 Å². The predicted octanol–water partition coefficient (Wildman–Crippen LogP) is 4.16. The van der Waals surface area contributed by atoms with E-state index in [1.165, 1.54) is 32.2 Å². The molecule has 1 N–H and O–H groups in total. The number of halogens is 2. The van der Waals surface area contributed by atoms with Gasteiger partial charge in [-0.3, -0.25) is 13.9 Å². The van der Waals surface area contributed by atoms with E-state index in [0.29, 0.717) is 16.3 Å². The van der Waals surface area contributed by atoms with Crippen molar-refractivity contribution in [2.75, 3.05) is 38.4 Å². The SMILES string of the molecule is CNC(=O)[C@@H](Cc1ccccc1)N(Cc1ccc(Cl)c(Cl)c1)C(=O)CN(c1cc(OC)ccc1OC)S(C)(=O)=O. The number of hydrogen-bond donors (Lipinski definition) is 1. The van der Waals surface area contributed by atoms with Crippen LogP contribution >= 0.6 is 23.2 Å². The lowest BCUT2D eigenvalue weighted by Crippen LogP contribution is -2.52. The molecule has 0 bridgehead atoms. The van der Waals surface area contributed by atoms with Gasteiger partial charge < -0.3 is 19.7 Å². The Labute approximate surface area is 244 Å². The van der Waals surface area contributed by atoms with Gasteiger partial charge in [0.15, 0.2) is 0 Å². The van der Waals surface area contributed by atoms with Crippen molar-refractivity contribution < 1.29 is 27.5 Å². The Morgan fingerprint density at radius 1 is 0.925 bits per heavy atom. The molecule has 0 heterocycles. The van der Waals surface area contributed by atoms with Crippen LogP contribution in [-0.2, 0) is 32.6 Å². The molecule has 9 nitrogen and oxygen atoms in total. The zero-order valence-corrected chi connectivity index (χ0v) is 24.9. The largest absolute Gasteiger partial charge is 0.497 e. The lowest BCUT2D eigenvalue weighted by molar-refractivity contribution is -0.139. The number of rotatable bonds is 12. The maximum Gasteiger partial charge on any atom is 0.244 e. The summed E-state index contributed by atoms with van der Waals surface area (Å²) in [6.45, 7) is -0.639. The van der Waals surface area contributed by atoms with E-state index in [4.69, 9.17) is 32.7 Å². The minimum Gasteiger partial charge on any atom is -0.497 e. The minimum absolute atomic E-state index is 0.0342. The number of carbonyl (C=O) groups is 2. The number of amides is 2. The molecule has 0 saturated heterocycles. The summed E-state index contributed by atoms with van der Waals surface area (Å²) in [5, 5.41) is 3.25. The van der Waals surface area contributed by atoms with E-state index in [1.807, 2.05) is 30.3 Å². The Morgan fingerprint density at radius 3 is 2.20 bits per heavy atom. The van der Waals surface area contributed by atoms with Crippen LogP contribution < -0.4 is 19.1 Å². The molecule has 2 amide bonds. The monoisotopic (exact) mass is 607 g/mol. The van der Waals surface area contributed by atoms with E-state index in [9.17, 15) is 18.0 Å². The van der Waals surface area contributed by atoms with E-state index in [1.54, 1.807) is 30.3 Å². The van der Waals surface area contributed by atoms with Crippen molar-refractivity contribution in [3.05, 3.63) is 87.9 Å². The van der Waals surface area contributed by atoms with Gasteiger partial charge in [0.25, 0.3) is 0 Å². The summed E-state index contributed by atoms with van der Waals surface area (Å²) in [7, 11) is 0.327. The van der Waals surface area contributed by atoms with Crippen LogP contribution in [0.3, 0.4) is 0 Å². The van der Waals surface area contributed by atoms with Crippen LogP contribution in [0.5, 0.6) is 11.5 Å². The molecule has 12 heteroatoms. The molecule has 0 saturated carbocycles. The fourth-order valence-electron chi connectivity index (χ4n) is 4.14. The van der Waals surface area contributed by atoms with E-state index < -0.39 is 34.4 Å². The molecule has 0 unspecified atom stereocenters. The number of nitrogens with one attached hydrogen (secondary N) is 1. The molecular formula is C28H31Cl2N3O6S. The molecule has 0 radical (unpaired) electrons. The molecule has 0 spiro atoms. The summed E-state index contributed by atoms with van der Waals surface area (Å²) in [5.74, 6) is -0.438. The molecule has 3 rings (SSSR count). The summed E-state index contributed by atoms with van der Waals surface area (Å²) < 4.78 is 37.6. The van der Waals surface area contributed by atoms with E-state index in [2.05, 4.69) is 5.32 Å². The Balaban J connectivity index is 2.10. The number of anilines is 1. The van der Waals surface area contributed by atoms with Crippen LogP contribution in [0.2, 0.25) is 10.0 Å². The maximum atomic E-state index is 14.0. The minimum atomic E-state index is -3.99. The molecule has 40 heavy (non-hydrogen) atoms. The summed E-state index contributed by atoms with van der Waals surface area (Å²) in [4.78, 5) is 28.6. The number of ether oxygens (including phenoxy) is 2. The van der Waals surface area contributed by atoms with Gasteiger partial charge in [-0.1, -0.05) is 59.6 Å². The maximum absolute atomic E-state index is 14.0. The highest BCUT2D eigenvalue weighted by Gasteiger charge is 2.33. The fraction of sp³-hybridized carbons (Fsp3) is 0.286. The van der Waals surface area contributed by atoms with E-state index >= 15 is 0 Å². The zero-order valence-electron chi connectivity index (χ0n) is 22.6. The number of sulfonamides is 1. The van der Waals surface area contributed by atoms with Crippen molar-refractivity contribution >= 4 is 50.7 Å². The molecule has 3 aromatic carbocycles. The normalized spacial score (nSPS) is 11.8. The first-order chi connectivity index (χ1) is 19.0. The molecule has 214 valence electrons. The number of benzene rings is 3. The molecular weight excluding hydrogens is 577 g/mol. The quantitative estimate of drug-likeness (QED) is 0.331. The van der Waals surface area contributed by atoms with Gasteiger partial charge in [0, 0.05) is 26.1 Å². The Bertz CT molecular complexity index is 1450. The standard InChI is InChI=1S/C28H31Cl2N3O6S/c1-31-28(35)25(15-19-8-6-5-7-9-19)32(17-20-10-12-22(29)23(30)14-20)27(34)18-33(40(4,36)37)24-16-21(38-2)11-13-26(24)39-3/h5-14,16,25H,15,17-18H2,1-4H3,(H,31,35)/t25-/m1/s1. The van der Waals surface area contributed by atoms with Crippen molar-refractivity contribution in [3.8, 4) is 11.5 Å². The third-order valence-electron chi connectivity index (χ3n) is 6.19. The first-order valence-electron chi connectivity index (χ1n) is 12.2. The summed E-state index contributed by atoms with van der Waals surface area (Å²) in [5.41, 5.74) is 1.54. The molecule has 0 aliphatic rings. The van der Waals surface area contributed by atoms with Gasteiger partial charge in [-0.2, -0.15) is 0 Å². The Hall–Kier alpha value is -3.47. The highest BCUT2D eigenvalue weighted by atomic mass is 35.5. The smallest absolute Gasteiger partial charge is 0.244 e. The number of carbonyl (C=O) groups excluding carboxylic acids is 2. The van der Waals surface area contributed by atoms with Crippen molar-refractivity contribution in [3.63, 3.8) is 0 Å². The average molecular weight is 609 g/mol. The second kappa shape index (κ2) is 13.7. The number of hydrogen-bond acceptors (Lipinski definition) is 6. The highest BCUT2D eigenvalue weighted by Crippen LogP contribution is 2.34. The van der Waals surface area contributed by atoms with E-state index in [0.717, 1.165) is 16.1 Å². The van der Waals surface area contributed by atoms with Crippen LogP contribution in [0, 0.1) is 0 Å². The molecule has 3 aromatic rings. The molecule has 0 aromatic heterocycles. The Kier molecular flexibility index (Phi) is 10.7. The van der Waals surface area contributed by atoms with Gasteiger partial charge in [-0.25, -0.2) is 8.42 Å². The van der Waals surface area contributed by atoms with Crippen molar-refractivity contribution in [1.82, 2.24) is 10.2 Å². The van der Waals surface area contributed by atoms with Crippen LogP contribution in [-0.4, -0.2) is 65.2 Å². The zero-order chi connectivity index (χ0) is 29.4. The molecule has 0 aliphatic carbocycles.